The van der Waals surface area contributed by atoms with Crippen molar-refractivity contribution in [2.24, 2.45) is 0 Å². The van der Waals surface area contributed by atoms with Crippen LogP contribution in [0.1, 0.15) is 41.4 Å². The molecule has 1 aliphatic rings. The van der Waals surface area contributed by atoms with Gasteiger partial charge in [-0.05, 0) is 54.6 Å². The summed E-state index contributed by atoms with van der Waals surface area (Å²) in [5.74, 6) is -2.89. The van der Waals surface area contributed by atoms with E-state index in [0.717, 1.165) is 4.90 Å². The number of hydrogen-bond donors (Lipinski definition) is 0. The van der Waals surface area contributed by atoms with E-state index in [1.807, 2.05) is 0 Å². The molecule has 2 amide bonds. The summed E-state index contributed by atoms with van der Waals surface area (Å²) in [5.41, 5.74) is -0.269. The zero-order chi connectivity index (χ0) is 30.1. The second kappa shape index (κ2) is 11.6. The Morgan fingerprint density at radius 3 is 2.05 bits per heavy atom. The molecule has 0 saturated heterocycles. The molecule has 42 heavy (non-hydrogen) atoms. The quantitative estimate of drug-likeness (QED) is 0.0661. The number of carbonyl (C=O) groups is 4. The maximum atomic E-state index is 13.1. The molecule has 1 aliphatic heterocycles. The van der Waals surface area contributed by atoms with Crippen molar-refractivity contribution < 1.29 is 33.6 Å². The highest BCUT2D eigenvalue weighted by Gasteiger charge is 2.39. The number of nitrogens with zero attached hydrogens (tertiary/aromatic N) is 2. The number of ether oxygens (including phenoxy) is 2. The lowest BCUT2D eigenvalue weighted by molar-refractivity contribution is -0.385. The van der Waals surface area contributed by atoms with Crippen molar-refractivity contribution in [1.29, 1.82) is 0 Å². The number of ketones is 1. The number of fused-ring (bicyclic) bond motifs is 1. The van der Waals surface area contributed by atoms with E-state index in [0.29, 0.717) is 0 Å². The Labute approximate surface area is 252 Å². The van der Waals surface area contributed by atoms with Crippen molar-refractivity contribution >= 4 is 69.7 Å². The van der Waals surface area contributed by atoms with Gasteiger partial charge in [-0.1, -0.05) is 53.0 Å². The minimum absolute atomic E-state index is 0.0318. The zero-order valence-corrected chi connectivity index (χ0v) is 23.3. The van der Waals surface area contributed by atoms with Crippen molar-refractivity contribution in [3.63, 3.8) is 0 Å². The van der Waals surface area contributed by atoms with Crippen LogP contribution in [0.4, 0.5) is 11.4 Å². The van der Waals surface area contributed by atoms with Gasteiger partial charge in [-0.25, -0.2) is 9.69 Å². The molecule has 0 atom stereocenters. The molecule has 0 saturated carbocycles. The molecule has 4 aromatic rings. The van der Waals surface area contributed by atoms with Gasteiger partial charge in [0.05, 0.1) is 42.4 Å². The Morgan fingerprint density at radius 2 is 1.43 bits per heavy atom. The van der Waals surface area contributed by atoms with E-state index in [-0.39, 0.29) is 60.2 Å². The van der Waals surface area contributed by atoms with Crippen LogP contribution in [0, 0.1) is 10.1 Å². The molecule has 0 aromatic heterocycles. The molecule has 0 bridgehead atoms. The van der Waals surface area contributed by atoms with Gasteiger partial charge >= 0.3 is 11.7 Å². The Morgan fingerprint density at radius 1 is 0.810 bits per heavy atom. The highest BCUT2D eigenvalue weighted by Crippen LogP contribution is 2.38. The molecule has 0 fully saturated rings. The molecule has 0 unspecified atom stereocenters. The average Bonchev–Trinajstić information content (AvgIpc) is 3.21. The predicted molar refractivity (Wildman–Crippen MR) is 153 cm³/mol. The number of amides is 2. The van der Waals surface area contributed by atoms with E-state index in [1.54, 1.807) is 0 Å². The number of esters is 1. The fraction of sp³-hybridized carbons (Fsp3) is 0.0345. The Hall–Kier alpha value is -4.77. The summed E-state index contributed by atoms with van der Waals surface area (Å²) in [6, 6.07) is 18.0. The summed E-state index contributed by atoms with van der Waals surface area (Å²) in [7, 11) is 0. The highest BCUT2D eigenvalue weighted by molar-refractivity contribution is 6.44. The summed E-state index contributed by atoms with van der Waals surface area (Å²) in [6.07, 6.45) is 0. The van der Waals surface area contributed by atoms with Gasteiger partial charge in [0.25, 0.3) is 11.8 Å². The van der Waals surface area contributed by atoms with Gasteiger partial charge in [-0.3, -0.25) is 24.5 Å². The van der Waals surface area contributed by atoms with Crippen LogP contribution in [0.25, 0.3) is 0 Å². The summed E-state index contributed by atoms with van der Waals surface area (Å²) >= 11 is 18.1. The predicted octanol–water partition coefficient (Wildman–Crippen LogP) is 7.19. The number of rotatable bonds is 8. The van der Waals surface area contributed by atoms with E-state index in [4.69, 9.17) is 44.3 Å². The van der Waals surface area contributed by atoms with Crippen LogP contribution >= 0.6 is 34.8 Å². The average molecular weight is 626 g/mol. The number of nitro benzene ring substituents is 1. The normalized spacial score (nSPS) is 12.2. The molecular formula is C29H15Cl3N2O8. The van der Waals surface area contributed by atoms with Gasteiger partial charge < -0.3 is 9.47 Å². The number of para-hydroxylation sites is 2. The van der Waals surface area contributed by atoms with Crippen LogP contribution in [0.15, 0.2) is 78.9 Å². The molecule has 1 heterocycles. The van der Waals surface area contributed by atoms with Crippen molar-refractivity contribution in [3.8, 4) is 11.5 Å². The van der Waals surface area contributed by atoms with Crippen LogP contribution in [-0.2, 0) is 4.74 Å². The summed E-state index contributed by atoms with van der Waals surface area (Å²) in [5, 5.41) is 11.5. The van der Waals surface area contributed by atoms with Crippen molar-refractivity contribution in [1.82, 2.24) is 0 Å². The molecule has 0 aliphatic carbocycles. The number of nitro groups is 1. The smallest absolute Gasteiger partial charge is 0.340 e. The first kappa shape index (κ1) is 28.7. The lowest BCUT2D eigenvalue weighted by atomic mass is 10.1. The first-order valence-electron chi connectivity index (χ1n) is 11.9. The van der Waals surface area contributed by atoms with Crippen molar-refractivity contribution in [2.45, 2.75) is 0 Å². The third-order valence-electron chi connectivity index (χ3n) is 6.17. The SMILES string of the molecule is O=C(COC(=O)c1ccccc1N1C(=O)c2cc(Cl)c(Cl)cc2C1=O)c1ccc(Oc2c(Cl)cccc2[N+](=O)[O-])cc1. The Balaban J connectivity index is 1.29. The Kier molecular flexibility index (Phi) is 7.95. The number of halogens is 3. The van der Waals surface area contributed by atoms with Gasteiger partial charge in [0, 0.05) is 11.6 Å². The standard InChI is InChI=1S/C29H15Cl3N2O8/c30-20-5-3-7-24(34(39)40)26(20)42-16-10-8-15(9-11-16)25(35)14-41-29(38)17-4-1-2-6-23(17)33-27(36)18-12-21(31)22(32)13-19(18)28(33)37/h1-13H,14H2. The summed E-state index contributed by atoms with van der Waals surface area (Å²) in [4.78, 5) is 63.3. The van der Waals surface area contributed by atoms with Crippen LogP contribution < -0.4 is 9.64 Å². The fourth-order valence-corrected chi connectivity index (χ4v) is 4.69. The number of hydrogen-bond acceptors (Lipinski definition) is 8. The minimum atomic E-state index is -0.947. The van der Waals surface area contributed by atoms with E-state index >= 15 is 0 Å². The molecular weight excluding hydrogens is 611 g/mol. The molecule has 0 spiro atoms. The number of carbonyl (C=O) groups excluding carboxylic acids is 4. The molecule has 5 rings (SSSR count). The molecule has 0 N–H and O–H groups in total. The molecule has 10 nitrogen and oxygen atoms in total. The molecule has 0 radical (unpaired) electrons. The molecule has 13 heteroatoms. The topological polar surface area (TPSA) is 133 Å². The first-order valence-corrected chi connectivity index (χ1v) is 13.1. The molecule has 4 aromatic carbocycles. The summed E-state index contributed by atoms with van der Waals surface area (Å²) < 4.78 is 10.8. The highest BCUT2D eigenvalue weighted by atomic mass is 35.5. The first-order chi connectivity index (χ1) is 20.1. The van der Waals surface area contributed by atoms with Gasteiger partial charge in [0.15, 0.2) is 12.4 Å². The number of Topliss-reactive ketones (excluding diaryl/α,β-unsaturated/α-hetero) is 1. The van der Waals surface area contributed by atoms with E-state index < -0.39 is 35.1 Å². The van der Waals surface area contributed by atoms with Crippen LogP contribution in [-0.4, -0.2) is 35.1 Å². The summed E-state index contributed by atoms with van der Waals surface area (Å²) in [6.45, 7) is -0.656. The maximum Gasteiger partial charge on any atom is 0.340 e. The van der Waals surface area contributed by atoms with Gasteiger partial charge in [0.2, 0.25) is 5.75 Å². The maximum absolute atomic E-state index is 13.1. The van der Waals surface area contributed by atoms with Crippen LogP contribution in [0.2, 0.25) is 15.1 Å². The third kappa shape index (κ3) is 5.42. The van der Waals surface area contributed by atoms with Crippen molar-refractivity contribution in [2.75, 3.05) is 11.5 Å². The van der Waals surface area contributed by atoms with E-state index in [9.17, 15) is 29.3 Å². The zero-order valence-electron chi connectivity index (χ0n) is 21.0. The third-order valence-corrected chi connectivity index (χ3v) is 7.19. The van der Waals surface area contributed by atoms with E-state index in [1.165, 1.54) is 78.9 Å². The second-order valence-corrected chi connectivity index (χ2v) is 9.97. The fourth-order valence-electron chi connectivity index (χ4n) is 4.16. The van der Waals surface area contributed by atoms with Crippen LogP contribution in [0.3, 0.4) is 0 Å². The number of anilines is 1. The van der Waals surface area contributed by atoms with Gasteiger partial charge in [-0.2, -0.15) is 0 Å². The Bertz CT molecular complexity index is 1770. The van der Waals surface area contributed by atoms with Crippen LogP contribution in [0.5, 0.6) is 11.5 Å². The monoisotopic (exact) mass is 624 g/mol. The number of benzene rings is 4. The lowest BCUT2D eigenvalue weighted by Crippen LogP contribution is -2.31. The van der Waals surface area contributed by atoms with Gasteiger partial charge in [0.1, 0.15) is 5.75 Å². The largest absolute Gasteiger partial charge is 0.454 e. The van der Waals surface area contributed by atoms with Gasteiger partial charge in [-0.15, -0.1) is 0 Å². The lowest BCUT2D eigenvalue weighted by Gasteiger charge is -2.17. The molecule has 210 valence electrons. The minimum Gasteiger partial charge on any atom is -0.454 e. The van der Waals surface area contributed by atoms with Crippen molar-refractivity contribution in [3.05, 3.63) is 126 Å². The second-order valence-electron chi connectivity index (χ2n) is 8.75. The van der Waals surface area contributed by atoms with E-state index in [2.05, 4.69) is 0 Å². The number of imide groups is 1.